The summed E-state index contributed by atoms with van der Waals surface area (Å²) in [5.41, 5.74) is 28.6. The number of alkyl halides is 1. The van der Waals surface area contributed by atoms with E-state index in [1.807, 2.05) is 59.6 Å². The number of thiol groups is 1. The number of amides is 1. The number of carbonyl (C=O) groups excluding carboxylic acids is 5. The van der Waals surface area contributed by atoms with Gasteiger partial charge in [0.15, 0.2) is 0 Å². The van der Waals surface area contributed by atoms with Gasteiger partial charge < -0.3 is 98.5 Å². The first kappa shape index (κ1) is 129. The maximum atomic E-state index is 11.0. The van der Waals surface area contributed by atoms with E-state index in [1.54, 1.807) is 99.9 Å². The number of hydrogen-bond acceptors (Lipinski definition) is 32. The van der Waals surface area contributed by atoms with Crippen LogP contribution in [0.4, 0.5) is 28.6 Å². The molecule has 1 amide bonds. The number of anilines is 5. The summed E-state index contributed by atoms with van der Waals surface area (Å²) in [6.45, 7) is 7.38. The van der Waals surface area contributed by atoms with Crippen molar-refractivity contribution < 1.29 is 288 Å². The van der Waals surface area contributed by atoms with E-state index in [0.29, 0.717) is 84.6 Å². The quantitative estimate of drug-likeness (QED) is 0.0129. The van der Waals surface area contributed by atoms with E-state index in [9.17, 15) is 19.2 Å². The van der Waals surface area contributed by atoms with Gasteiger partial charge in [-0.1, -0.05) is 6.07 Å². The second-order valence-electron chi connectivity index (χ2n) is 17.8. The molecule has 13 N–H and O–H groups in total. The molecule has 36 nitrogen and oxygen atoms in total. The number of ketones is 2. The number of Topliss-reactive ketones (excluding diaryl/α,β-unsaturated/α-hetero) is 2. The number of nitrogen functional groups attached to an aromatic ring is 4. The molecular weight excluding hydrogens is 2260 g/mol. The van der Waals surface area contributed by atoms with Gasteiger partial charge >= 0.3 is 212 Å². The standard InChI is InChI=1S/C10H10BrN3O.C10H11BrN2O3.C10H12N4O.C8H8BrNO2.C6H7BrN2O.C5H4Br2N2.C5H6N2.C3H5ClO.C2H4O2.CH2O3.CH2O2.CH3O.BHNS.2Cs.2Cu.H3N.Na.O.H/c1-7-5-14(6-12-7)8-3-4-9(11)13-10(8)15-2;1-7(15)5-13(6-14)8-3-4-9(11)12-10(8)16-2;1-7-5-14(6-12-7)8-3-4-9(11)13-10(8)15-2;1-12-8-6(4-5-11)2-3-7(9)10-8;1-10-6-4(8)2-3-5(7)9-6;6-4-2-1-3(8)5(7)9-4;6-5-2-1-3-7-4-5;1-3(5)2-4;1-2(3)4;2-1-4-3;2-1-3;1-2;1-2-3;;;;;;;;/h3-6H,1-2H3;3-4,6H,5H2,1-2H3;3-6H,1-2H3,(H2,11,13);2-3,5H,4H2,1H3;2-3H,8H2,1H3;1-2H,8H2;1-4H,6H2;2H2,1H3;1H3,(H,3,4);1,3H;1H,(H,2,3);1H3;3H;;;;;1H3;;;/q;;;;;;;;;;;-1;;2*+1;;;;+1;;-1/p-1. The molecule has 0 bridgehead atoms. The summed E-state index contributed by atoms with van der Waals surface area (Å²) in [4.78, 5) is 108. The number of carboxylic acids is 1. The molecule has 0 spiro atoms. The van der Waals surface area contributed by atoms with Crippen LogP contribution in [0.25, 0.3) is 11.4 Å². The number of nitrogens with zero attached hydrogens (tertiary/aromatic N) is 13. The van der Waals surface area contributed by atoms with Crippen molar-refractivity contribution in [3.8, 4) is 40.8 Å². The summed E-state index contributed by atoms with van der Waals surface area (Å²) in [5, 5.41) is 31.0. The number of carboxylic acid groups (broad SMARTS) is 2. The van der Waals surface area contributed by atoms with Gasteiger partial charge in [-0.3, -0.25) is 33.8 Å². The molecule has 0 saturated carbocycles. The molecule has 0 aliphatic rings. The summed E-state index contributed by atoms with van der Waals surface area (Å²) < 4.78 is 43.7. The van der Waals surface area contributed by atoms with E-state index in [2.05, 4.69) is 186 Å². The zero-order valence-electron chi connectivity index (χ0n) is 63.5. The number of halogens is 7. The molecule has 9 heterocycles. The van der Waals surface area contributed by atoms with E-state index < -0.39 is 5.97 Å². The monoisotopic (exact) mass is 2330 g/mol. The van der Waals surface area contributed by atoms with E-state index >= 15 is 0 Å². The van der Waals surface area contributed by atoms with Crippen LogP contribution in [-0.4, -0.2) is 170 Å². The molecule has 9 aromatic heterocycles. The Balaban J connectivity index is -0.000000114. The number of aliphatic carboxylic acids is 1. The minimum atomic E-state index is -0.833. The molecule has 0 saturated heterocycles. The van der Waals surface area contributed by atoms with Gasteiger partial charge in [-0.2, -0.15) is 12.1 Å². The molecule has 50 heteroatoms. The van der Waals surface area contributed by atoms with Crippen molar-refractivity contribution in [2.45, 2.75) is 41.0 Å². The molecule has 0 aromatic carbocycles. The number of nitrogens with two attached hydrogens (primary N) is 4. The molecular formula is C62H78BBr6ClCs2Cu2N18NaO18S. The molecule has 112 heavy (non-hydrogen) atoms. The van der Waals surface area contributed by atoms with Crippen LogP contribution in [0, 0.1) is 13.8 Å². The number of methoxy groups -OCH3 is 5. The number of aromatic nitrogens is 11. The number of aldehydes is 1. The number of pyridine rings is 7. The third-order valence-corrected chi connectivity index (χ3v) is 13.3. The molecule has 0 fully saturated rings. The van der Waals surface area contributed by atoms with Crippen molar-refractivity contribution in [1.82, 2.24) is 60.1 Å². The Morgan fingerprint density at radius 1 is 0.652 bits per heavy atom. The predicted molar refractivity (Wildman–Crippen MR) is 424 cm³/mol. The second-order valence-corrected chi connectivity index (χ2v) is 23.2. The van der Waals surface area contributed by atoms with E-state index in [4.69, 9.17) is 97.0 Å². The van der Waals surface area contributed by atoms with Crippen molar-refractivity contribution in [2.75, 3.05) is 82.9 Å². The van der Waals surface area contributed by atoms with Crippen LogP contribution in [0.3, 0.4) is 0 Å². The first-order valence-corrected chi connectivity index (χ1v) is 34.3. The fraction of sp³-hybridized carbons (Fsp3) is 0.226. The topological polar surface area (TPSA) is 559 Å². The van der Waals surface area contributed by atoms with Crippen LogP contribution in [0.15, 0.2) is 154 Å². The van der Waals surface area contributed by atoms with Gasteiger partial charge in [-0.05, 0) is 202 Å². The fourth-order valence-corrected chi connectivity index (χ4v) is 8.16. The van der Waals surface area contributed by atoms with Crippen molar-refractivity contribution in [3.63, 3.8) is 0 Å². The van der Waals surface area contributed by atoms with Gasteiger partial charge in [0.2, 0.25) is 35.8 Å². The number of imidazole rings is 2. The van der Waals surface area contributed by atoms with Crippen molar-refractivity contribution in [3.05, 3.63) is 167 Å². The van der Waals surface area contributed by atoms with Crippen LogP contribution in [-0.2, 0) is 81.7 Å². The van der Waals surface area contributed by atoms with Crippen molar-refractivity contribution in [1.29, 1.82) is 0 Å². The Kier molecular flexibility index (Phi) is 97.4. The van der Waals surface area contributed by atoms with E-state index in [-0.39, 0.29) is 229 Å². The summed E-state index contributed by atoms with van der Waals surface area (Å²) in [6, 6.07) is 25.0. The molecule has 607 valence electrons. The van der Waals surface area contributed by atoms with E-state index in [1.165, 1.54) is 40.1 Å². The van der Waals surface area contributed by atoms with Crippen molar-refractivity contribution >= 4 is 199 Å². The first-order chi connectivity index (χ1) is 50.8. The molecule has 0 atom stereocenters. The predicted octanol–water partition coefficient (Wildman–Crippen LogP) is 0.163. The number of aryl methyl sites for hydroxylation is 2. The number of ether oxygens (including phenoxy) is 5. The van der Waals surface area contributed by atoms with Crippen LogP contribution in [0.5, 0.6) is 29.4 Å². The third kappa shape index (κ3) is 65.8. The fourth-order valence-electron chi connectivity index (χ4n) is 6.12. The SMILES string of the molecule is CC(=O)CCl.CC(=O)O.COc1nc(Br)ccc1-n1cnc(C)c1.COc1nc(Br)ccc1CC=O.COc1nc(Br)ccc1N.COc1nc(Br)ccc1N(C=O)CC(C)=O.COc1nc(N)ccc1-n1cnc(C)c1.C[O-].N.Nc1ccc(Br)nc1Br.Nc1cccnc1.O=CO.O=CO[O-].[B]=NS.[Cs+].[Cs+].[Cu].[H-].[Na+].[O]=[Cu]. The number of hydrogen-bond donors (Lipinski definition) is 8. The van der Waals surface area contributed by atoms with Crippen LogP contribution in [0.1, 0.15) is 39.1 Å². The number of carbonyl (C=O) groups is 7. The minimum absolute atomic E-state index is 0. The van der Waals surface area contributed by atoms with Gasteiger partial charge in [-0.15, -0.1) is 11.6 Å². The van der Waals surface area contributed by atoms with Crippen molar-refractivity contribution in [2.24, 2.45) is 4.30 Å². The molecule has 0 unspecified atom stereocenters. The zero-order chi connectivity index (χ0) is 83.0. The maximum absolute atomic E-state index is 11.0. The zero-order valence-corrected chi connectivity index (χ0v) is 90.1. The average molecular weight is 2340 g/mol. The van der Waals surface area contributed by atoms with Gasteiger partial charge in [0.1, 0.15) is 68.4 Å². The van der Waals surface area contributed by atoms with Crippen LogP contribution < -0.4 is 235 Å². The van der Waals surface area contributed by atoms with Gasteiger partial charge in [0, 0.05) is 60.8 Å². The summed E-state index contributed by atoms with van der Waals surface area (Å²) >= 11 is 30.4. The van der Waals surface area contributed by atoms with Gasteiger partial charge in [0.25, 0.3) is 18.9 Å². The van der Waals surface area contributed by atoms with Crippen LogP contribution >= 0.6 is 120 Å². The Morgan fingerprint density at radius 3 is 1.34 bits per heavy atom. The Hall–Kier alpha value is -3.23. The second kappa shape index (κ2) is 84.2. The normalized spacial score (nSPS) is 8.38. The Bertz CT molecular complexity index is 3960. The molecule has 2 radical (unpaired) electrons. The van der Waals surface area contributed by atoms with E-state index in [0.717, 1.165) is 62.5 Å². The summed E-state index contributed by atoms with van der Waals surface area (Å²) in [5.74, 6) is 1.96. The van der Waals surface area contributed by atoms with Gasteiger partial charge in [0.05, 0.1) is 89.1 Å². The summed E-state index contributed by atoms with van der Waals surface area (Å²) in [6.07, 6.45) is 12.3. The third-order valence-electron chi connectivity index (χ3n) is 10.1. The first-order valence-electron chi connectivity index (χ1n) is 28.2. The molecule has 0 aliphatic carbocycles. The Morgan fingerprint density at radius 2 is 1.02 bits per heavy atom. The Labute approximate surface area is 869 Å². The number of rotatable bonds is 15. The molecule has 9 rings (SSSR count). The molecule has 9 aromatic rings. The van der Waals surface area contributed by atoms with Gasteiger partial charge in [-0.25, -0.2) is 34.9 Å². The van der Waals surface area contributed by atoms with Crippen LogP contribution in [0.2, 0.25) is 0 Å². The summed E-state index contributed by atoms with van der Waals surface area (Å²) in [7, 11) is 12.8. The average Bonchev–Trinajstić information content (AvgIpc) is 1.68. The molecule has 0 aliphatic heterocycles.